The second kappa shape index (κ2) is 17.4. The van der Waals surface area contributed by atoms with Gasteiger partial charge in [0.25, 0.3) is 0 Å². The maximum Gasteiger partial charge on any atom is 0.421 e. The number of halogens is 1. The second-order valence-corrected chi connectivity index (χ2v) is 13.0. The number of alkyl halides is 1. The summed E-state index contributed by atoms with van der Waals surface area (Å²) in [5.41, 5.74) is 6.85. The number of likely N-dealkylation sites (N-methyl/N-ethyl adjacent to an activating group) is 4. The molecule has 262 valence electrons. The fourth-order valence-electron chi connectivity index (χ4n) is 6.32. The Labute approximate surface area is 299 Å². The zero-order valence-electron chi connectivity index (χ0n) is 30.0. The molecule has 0 radical (unpaired) electrons. The zero-order chi connectivity index (χ0) is 34.8. The van der Waals surface area contributed by atoms with Gasteiger partial charge in [-0.15, -0.1) is 10.2 Å². The summed E-state index contributed by atoms with van der Waals surface area (Å²) >= 11 is 3.49. The third-order valence-corrected chi connectivity index (χ3v) is 9.78. The Kier molecular flexibility index (Phi) is 12.8. The van der Waals surface area contributed by atoms with E-state index in [0.29, 0.717) is 5.95 Å². The molecule has 4 aromatic rings. The summed E-state index contributed by atoms with van der Waals surface area (Å²) in [6.45, 7) is 18.1. The van der Waals surface area contributed by atoms with Gasteiger partial charge in [-0.2, -0.15) is 0 Å². The molecule has 0 amide bonds. The van der Waals surface area contributed by atoms with Gasteiger partial charge in [-0.1, -0.05) is 21.0 Å². The van der Waals surface area contributed by atoms with E-state index < -0.39 is 0 Å². The molecule has 2 aromatic heterocycles. The van der Waals surface area contributed by atoms with Gasteiger partial charge in [-0.05, 0) is 76.9 Å². The van der Waals surface area contributed by atoms with Crippen molar-refractivity contribution in [1.82, 2.24) is 14.1 Å². The van der Waals surface area contributed by atoms with Gasteiger partial charge in [-0.25, -0.2) is 14.1 Å². The van der Waals surface area contributed by atoms with Crippen LogP contribution in [0.15, 0.2) is 81.6 Å². The predicted molar refractivity (Wildman–Crippen MR) is 205 cm³/mol. The van der Waals surface area contributed by atoms with E-state index in [0.717, 1.165) is 94.4 Å². The van der Waals surface area contributed by atoms with Gasteiger partial charge in [0.1, 0.15) is 5.69 Å². The number of fused-ring (bicyclic) bond motifs is 2. The number of anilines is 4. The van der Waals surface area contributed by atoms with Crippen LogP contribution in [0.3, 0.4) is 0 Å². The lowest BCUT2D eigenvalue weighted by Gasteiger charge is -2.38. The first-order valence-electron chi connectivity index (χ1n) is 17.6. The lowest BCUT2D eigenvalue weighted by Crippen LogP contribution is -2.40. The van der Waals surface area contributed by atoms with Crippen LogP contribution >= 0.6 is 15.9 Å². The molecule has 2 aliphatic heterocycles. The van der Waals surface area contributed by atoms with Crippen LogP contribution in [0.25, 0.3) is 0 Å². The number of hydrogen-bond acceptors (Lipinski definition) is 9. The number of nitrogens with zero attached hydrogens (tertiary/aromatic N) is 12. The van der Waals surface area contributed by atoms with Gasteiger partial charge < -0.3 is 24.2 Å². The minimum Gasteiger partial charge on any atom is -0.368 e. The Hall–Kier alpha value is -4.26. The number of aromatic nitrogens is 4. The fourth-order valence-corrected chi connectivity index (χ4v) is 6.72. The smallest absolute Gasteiger partial charge is 0.368 e. The van der Waals surface area contributed by atoms with Crippen molar-refractivity contribution in [3.8, 4) is 0 Å². The highest BCUT2D eigenvalue weighted by molar-refractivity contribution is 9.09. The fraction of sp³-hybridized carbons (Fsp3) is 0.500. The Morgan fingerprint density at radius 1 is 0.694 bits per heavy atom. The average molecular weight is 733 g/mol. The molecule has 0 bridgehead atoms. The van der Waals surface area contributed by atoms with Gasteiger partial charge in [0.15, 0.2) is 0 Å². The number of azo groups is 2. The maximum atomic E-state index is 4.56. The van der Waals surface area contributed by atoms with Gasteiger partial charge in [0.05, 0.1) is 54.4 Å². The summed E-state index contributed by atoms with van der Waals surface area (Å²) in [5, 5.41) is 18.7. The van der Waals surface area contributed by atoms with Gasteiger partial charge in [0, 0.05) is 82.2 Å². The van der Waals surface area contributed by atoms with Crippen LogP contribution in [0.1, 0.15) is 40.5 Å². The number of rotatable bonds is 12. The molecule has 2 aliphatic rings. The normalized spacial score (nSPS) is 14.4. The van der Waals surface area contributed by atoms with Crippen LogP contribution in [-0.4, -0.2) is 71.8 Å². The molecule has 2 aromatic carbocycles. The number of imidazole rings is 2. The molecule has 0 saturated carbocycles. The van der Waals surface area contributed by atoms with Gasteiger partial charge >= 0.3 is 5.95 Å². The summed E-state index contributed by atoms with van der Waals surface area (Å²) in [6.07, 6.45) is 9.97. The molecule has 0 N–H and O–H groups in total. The second-order valence-electron chi connectivity index (χ2n) is 12.2. The molecule has 49 heavy (non-hydrogen) atoms. The minimum atomic E-state index is 0.611. The third-order valence-electron chi connectivity index (χ3n) is 9.22. The molecule has 12 nitrogen and oxygen atoms in total. The molecular formula is C36H52BrN12+. The Morgan fingerprint density at radius 2 is 1.22 bits per heavy atom. The van der Waals surface area contributed by atoms with Crippen LogP contribution in [0, 0.1) is 0 Å². The van der Waals surface area contributed by atoms with Crippen LogP contribution < -0.4 is 24.2 Å². The Balaban J connectivity index is 0.000000195. The molecule has 0 unspecified atom stereocenters. The quantitative estimate of drug-likeness (QED) is 0.0637. The molecule has 0 fully saturated rings. The molecule has 13 heteroatoms. The molecule has 0 aliphatic carbocycles. The van der Waals surface area contributed by atoms with Crippen LogP contribution in [0.5, 0.6) is 0 Å². The van der Waals surface area contributed by atoms with E-state index in [1.54, 1.807) is 6.20 Å². The Bertz CT molecular complexity index is 1710. The average Bonchev–Trinajstić information content (AvgIpc) is 3.72. The summed E-state index contributed by atoms with van der Waals surface area (Å²) in [4.78, 5) is 13.8. The van der Waals surface area contributed by atoms with Crippen LogP contribution in [0.2, 0.25) is 0 Å². The highest BCUT2D eigenvalue weighted by atomic mass is 79.9. The number of benzene rings is 2. The standard InChI is InChI=1S/C20H30BrN6.C16H22N6/c1-4-25-14-15-26(5-2)19-16-17(8-9-18(19)25)22-23-20-24(3)12-13-27(20)11-7-6-10-21;1-4-21-10-11-22(5-2)15-12-13(6-7-14(15)21)18-19-16-17-8-9-20(16)3/h8-9,12-13,16H,4-7,10-11,14-15H2,1-3H3;6-9,12H,4-5,10-11H2,1-3H3/q+1;. The van der Waals surface area contributed by atoms with Gasteiger partial charge in [0.2, 0.25) is 5.95 Å². The van der Waals surface area contributed by atoms with Crippen molar-refractivity contribution in [2.75, 3.05) is 77.3 Å². The largest absolute Gasteiger partial charge is 0.421 e. The van der Waals surface area contributed by atoms with E-state index >= 15 is 0 Å². The molecule has 4 heterocycles. The van der Waals surface area contributed by atoms with E-state index in [1.165, 1.54) is 22.7 Å². The predicted octanol–water partition coefficient (Wildman–Crippen LogP) is 8.07. The van der Waals surface area contributed by atoms with Crippen molar-refractivity contribution in [3.63, 3.8) is 0 Å². The topological polar surface area (TPSA) is 89.0 Å². The lowest BCUT2D eigenvalue weighted by atomic mass is 10.1. The van der Waals surface area contributed by atoms with Crippen molar-refractivity contribution in [2.24, 2.45) is 34.6 Å². The summed E-state index contributed by atoms with van der Waals surface area (Å²) < 4.78 is 6.04. The van der Waals surface area contributed by atoms with Crippen molar-refractivity contribution >= 4 is 62.0 Å². The van der Waals surface area contributed by atoms with E-state index in [-0.39, 0.29) is 0 Å². The molecule has 6 rings (SSSR count). The van der Waals surface area contributed by atoms with E-state index in [9.17, 15) is 0 Å². The number of aryl methyl sites for hydroxylation is 3. The molecular weight excluding hydrogens is 680 g/mol. The highest BCUT2D eigenvalue weighted by Gasteiger charge is 2.22. The van der Waals surface area contributed by atoms with Crippen molar-refractivity contribution in [2.45, 2.75) is 47.1 Å². The first-order valence-corrected chi connectivity index (χ1v) is 18.7. The summed E-state index contributed by atoms with van der Waals surface area (Å²) in [5.74, 6) is 1.49. The van der Waals surface area contributed by atoms with Crippen LogP contribution in [-0.2, 0) is 20.6 Å². The molecule has 0 saturated heterocycles. The van der Waals surface area contributed by atoms with E-state index in [4.69, 9.17) is 0 Å². The summed E-state index contributed by atoms with van der Waals surface area (Å²) in [7, 11) is 3.92. The lowest BCUT2D eigenvalue weighted by molar-refractivity contribution is -0.657. The molecule has 0 spiro atoms. The highest BCUT2D eigenvalue weighted by Crippen LogP contribution is 2.37. The molecule has 0 atom stereocenters. The third kappa shape index (κ3) is 8.67. The van der Waals surface area contributed by atoms with Gasteiger partial charge in [-0.3, -0.25) is 0 Å². The number of unbranched alkanes of at least 4 members (excludes halogenated alkanes) is 1. The SMILES string of the molecule is CCN1CCN(CC)c2cc(N=Nc3n(CCCCBr)cc[n+]3C)ccc21.CCN1CCN(CC)c2cc(N=Nc3nccn3C)ccc21. The monoisotopic (exact) mass is 731 g/mol. The van der Waals surface area contributed by atoms with Crippen LogP contribution in [0.4, 0.5) is 46.0 Å². The first-order chi connectivity index (χ1) is 23.9. The number of hydrogen-bond donors (Lipinski definition) is 0. The summed E-state index contributed by atoms with van der Waals surface area (Å²) in [6, 6.07) is 12.7. The zero-order valence-corrected chi connectivity index (χ0v) is 31.6. The van der Waals surface area contributed by atoms with Crippen molar-refractivity contribution < 1.29 is 4.57 Å². The van der Waals surface area contributed by atoms with E-state index in [2.05, 4.69) is 130 Å². The van der Waals surface area contributed by atoms with Crippen molar-refractivity contribution in [1.29, 1.82) is 0 Å². The van der Waals surface area contributed by atoms with E-state index in [1.807, 2.05) is 41.7 Å². The maximum absolute atomic E-state index is 4.56. The minimum absolute atomic E-state index is 0.611. The first kappa shape index (κ1) is 36.0. The van der Waals surface area contributed by atoms with Crippen molar-refractivity contribution in [3.05, 3.63) is 61.2 Å². The Morgan fingerprint density at radius 3 is 1.71 bits per heavy atom.